The van der Waals surface area contributed by atoms with Crippen molar-refractivity contribution in [3.8, 4) is 0 Å². The highest BCUT2D eigenvalue weighted by atomic mass is 16.7. The van der Waals surface area contributed by atoms with Crippen LogP contribution in [0.4, 0.5) is 4.79 Å². The van der Waals surface area contributed by atoms with Gasteiger partial charge in [-0.1, -0.05) is 12.5 Å². The fraction of sp³-hybridized carbons (Fsp3) is 0.700. The van der Waals surface area contributed by atoms with Crippen LogP contribution in [0.3, 0.4) is 0 Å². The molecule has 2 unspecified atom stereocenters. The summed E-state index contributed by atoms with van der Waals surface area (Å²) in [5.74, 6) is 0. The molecule has 0 bridgehead atoms. The monoisotopic (exact) mass is 200 g/mol. The van der Waals surface area contributed by atoms with E-state index < -0.39 is 12.3 Å². The average molecular weight is 200 g/mol. The van der Waals surface area contributed by atoms with Crippen LogP contribution in [-0.2, 0) is 9.47 Å². The second-order valence-corrected chi connectivity index (χ2v) is 3.35. The normalized spacial score (nSPS) is 27.6. The van der Waals surface area contributed by atoms with Crippen molar-refractivity contribution >= 4 is 6.16 Å². The van der Waals surface area contributed by atoms with E-state index in [4.69, 9.17) is 4.74 Å². The first-order valence-corrected chi connectivity index (χ1v) is 4.83. The number of aliphatic hydroxyl groups excluding tert-OH is 1. The molecule has 80 valence electrons. The van der Waals surface area contributed by atoms with E-state index in [1.807, 2.05) is 0 Å². The molecule has 0 radical (unpaired) electrons. The van der Waals surface area contributed by atoms with Crippen molar-refractivity contribution in [1.29, 1.82) is 0 Å². The number of rotatable bonds is 1. The van der Waals surface area contributed by atoms with Crippen LogP contribution in [0.5, 0.6) is 0 Å². The third-order valence-corrected chi connectivity index (χ3v) is 2.20. The molecule has 1 N–H and O–H groups in total. The van der Waals surface area contributed by atoms with Gasteiger partial charge in [0.1, 0.15) is 6.10 Å². The van der Waals surface area contributed by atoms with Crippen LogP contribution < -0.4 is 0 Å². The van der Waals surface area contributed by atoms with E-state index in [1.165, 1.54) is 7.11 Å². The predicted octanol–water partition coefficient (Wildman–Crippen LogP) is 1.63. The Morgan fingerprint density at radius 1 is 1.36 bits per heavy atom. The number of carbonyl (C=O) groups excluding carboxylic acids is 1. The first-order chi connectivity index (χ1) is 6.72. The Kier molecular flexibility index (Phi) is 4.46. The quantitative estimate of drug-likeness (QED) is 0.516. The van der Waals surface area contributed by atoms with Crippen LogP contribution in [0.1, 0.15) is 25.7 Å². The minimum Gasteiger partial charge on any atom is -0.438 e. The van der Waals surface area contributed by atoms with Gasteiger partial charge in [0.05, 0.1) is 13.2 Å². The lowest BCUT2D eigenvalue weighted by molar-refractivity contribution is 0.0475. The van der Waals surface area contributed by atoms with Gasteiger partial charge in [-0.05, 0) is 25.3 Å². The molecule has 0 amide bonds. The SMILES string of the molecule is COC(=O)OC1C=CC(O)CCCC1. The molecule has 0 aliphatic heterocycles. The maximum atomic E-state index is 10.8. The fourth-order valence-corrected chi connectivity index (χ4v) is 1.41. The first-order valence-electron chi connectivity index (χ1n) is 4.83. The second-order valence-electron chi connectivity index (χ2n) is 3.35. The second kappa shape index (κ2) is 5.65. The molecule has 0 saturated carbocycles. The van der Waals surface area contributed by atoms with E-state index in [2.05, 4.69) is 4.74 Å². The zero-order valence-corrected chi connectivity index (χ0v) is 8.31. The van der Waals surface area contributed by atoms with Crippen LogP contribution in [0.25, 0.3) is 0 Å². The van der Waals surface area contributed by atoms with Crippen molar-refractivity contribution in [1.82, 2.24) is 0 Å². The molecule has 0 saturated heterocycles. The van der Waals surface area contributed by atoms with E-state index in [0.717, 1.165) is 25.7 Å². The molecule has 1 aliphatic rings. The van der Waals surface area contributed by atoms with Crippen LogP contribution in [0.15, 0.2) is 12.2 Å². The molecule has 0 aromatic rings. The van der Waals surface area contributed by atoms with Crippen molar-refractivity contribution < 1.29 is 19.4 Å². The predicted molar refractivity (Wildman–Crippen MR) is 50.9 cm³/mol. The zero-order valence-electron chi connectivity index (χ0n) is 8.31. The zero-order chi connectivity index (χ0) is 10.4. The smallest absolute Gasteiger partial charge is 0.438 e. The van der Waals surface area contributed by atoms with E-state index in [0.29, 0.717) is 0 Å². The van der Waals surface area contributed by atoms with Gasteiger partial charge in [-0.3, -0.25) is 0 Å². The topological polar surface area (TPSA) is 55.8 Å². The van der Waals surface area contributed by atoms with Crippen molar-refractivity contribution in [3.63, 3.8) is 0 Å². The summed E-state index contributed by atoms with van der Waals surface area (Å²) >= 11 is 0. The molecule has 0 aromatic heterocycles. The number of methoxy groups -OCH3 is 1. The molecule has 0 aromatic carbocycles. The highest BCUT2D eigenvalue weighted by molar-refractivity contribution is 5.60. The number of hydrogen-bond acceptors (Lipinski definition) is 4. The third kappa shape index (κ3) is 3.79. The van der Waals surface area contributed by atoms with Crippen LogP contribution >= 0.6 is 0 Å². The molecular formula is C10H16O4. The lowest BCUT2D eigenvalue weighted by atomic mass is 10.0. The van der Waals surface area contributed by atoms with E-state index in [1.54, 1.807) is 12.2 Å². The van der Waals surface area contributed by atoms with Gasteiger partial charge in [0.2, 0.25) is 0 Å². The Morgan fingerprint density at radius 3 is 2.79 bits per heavy atom. The van der Waals surface area contributed by atoms with Gasteiger partial charge in [0, 0.05) is 0 Å². The molecule has 4 heteroatoms. The third-order valence-electron chi connectivity index (χ3n) is 2.20. The van der Waals surface area contributed by atoms with E-state index >= 15 is 0 Å². The summed E-state index contributed by atoms with van der Waals surface area (Å²) in [5, 5.41) is 9.36. The molecule has 0 heterocycles. The summed E-state index contributed by atoms with van der Waals surface area (Å²) in [6.07, 6.45) is 5.51. The van der Waals surface area contributed by atoms with E-state index in [-0.39, 0.29) is 6.10 Å². The number of ether oxygens (including phenoxy) is 2. The largest absolute Gasteiger partial charge is 0.508 e. The van der Waals surface area contributed by atoms with Gasteiger partial charge in [-0.15, -0.1) is 0 Å². The maximum absolute atomic E-state index is 10.8. The Bertz CT molecular complexity index is 212. The first kappa shape index (κ1) is 11.0. The fourth-order valence-electron chi connectivity index (χ4n) is 1.41. The summed E-state index contributed by atoms with van der Waals surface area (Å²) < 4.78 is 9.36. The maximum Gasteiger partial charge on any atom is 0.508 e. The molecule has 0 spiro atoms. The van der Waals surface area contributed by atoms with Crippen LogP contribution in [0, 0.1) is 0 Å². The summed E-state index contributed by atoms with van der Waals surface area (Å²) in [4.78, 5) is 10.8. The molecular weight excluding hydrogens is 184 g/mol. The summed E-state index contributed by atoms with van der Waals surface area (Å²) in [7, 11) is 1.28. The summed E-state index contributed by atoms with van der Waals surface area (Å²) in [5.41, 5.74) is 0. The Balaban J connectivity index is 2.45. The Morgan fingerprint density at radius 2 is 2.07 bits per heavy atom. The molecule has 2 atom stereocenters. The van der Waals surface area contributed by atoms with Gasteiger partial charge in [0.25, 0.3) is 0 Å². The standard InChI is InChI=1S/C10H16O4/c1-13-10(12)14-9-5-3-2-4-8(11)6-7-9/h6-9,11H,2-5H2,1H3. The lowest BCUT2D eigenvalue weighted by Crippen LogP contribution is -2.18. The number of hydrogen-bond donors (Lipinski definition) is 1. The summed E-state index contributed by atoms with van der Waals surface area (Å²) in [6, 6.07) is 0. The Hall–Kier alpha value is -1.03. The molecule has 1 rings (SSSR count). The van der Waals surface area contributed by atoms with Gasteiger partial charge in [-0.2, -0.15) is 0 Å². The molecule has 4 nitrogen and oxygen atoms in total. The molecule has 14 heavy (non-hydrogen) atoms. The molecule has 1 aliphatic carbocycles. The van der Waals surface area contributed by atoms with Gasteiger partial charge in [0.15, 0.2) is 0 Å². The van der Waals surface area contributed by atoms with Crippen LogP contribution in [-0.4, -0.2) is 30.6 Å². The number of aliphatic hydroxyl groups is 1. The minimum atomic E-state index is -0.672. The minimum absolute atomic E-state index is 0.266. The Labute approximate surface area is 83.5 Å². The van der Waals surface area contributed by atoms with Gasteiger partial charge < -0.3 is 14.6 Å². The highest BCUT2D eigenvalue weighted by Gasteiger charge is 2.14. The van der Waals surface area contributed by atoms with Crippen LogP contribution in [0.2, 0.25) is 0 Å². The van der Waals surface area contributed by atoms with Crippen molar-refractivity contribution in [2.75, 3.05) is 7.11 Å². The average Bonchev–Trinajstić information content (AvgIpc) is 2.16. The van der Waals surface area contributed by atoms with Crippen molar-refractivity contribution in [2.45, 2.75) is 37.9 Å². The van der Waals surface area contributed by atoms with Crippen molar-refractivity contribution in [2.24, 2.45) is 0 Å². The highest BCUT2D eigenvalue weighted by Crippen LogP contribution is 2.14. The molecule has 0 fully saturated rings. The van der Waals surface area contributed by atoms with Crippen molar-refractivity contribution in [3.05, 3.63) is 12.2 Å². The lowest BCUT2D eigenvalue weighted by Gasteiger charge is -2.16. The summed E-state index contributed by atoms with van der Waals surface area (Å²) in [6.45, 7) is 0. The number of carbonyl (C=O) groups is 1. The van der Waals surface area contributed by atoms with Gasteiger partial charge in [-0.25, -0.2) is 4.79 Å². The van der Waals surface area contributed by atoms with E-state index in [9.17, 15) is 9.90 Å². The van der Waals surface area contributed by atoms with Gasteiger partial charge >= 0.3 is 6.16 Å².